The van der Waals surface area contributed by atoms with Crippen molar-refractivity contribution >= 4 is 11.9 Å². The van der Waals surface area contributed by atoms with E-state index < -0.39 is 18.0 Å². The summed E-state index contributed by atoms with van der Waals surface area (Å²) in [6.07, 6.45) is 1.46. The molecule has 3 N–H and O–H groups in total. The summed E-state index contributed by atoms with van der Waals surface area (Å²) in [7, 11) is 0. The van der Waals surface area contributed by atoms with Crippen molar-refractivity contribution in [1.29, 1.82) is 0 Å². The summed E-state index contributed by atoms with van der Waals surface area (Å²) in [5.74, 6) is -1.32. The molecule has 1 aromatic carbocycles. The molecule has 0 saturated heterocycles. The molecule has 0 spiro atoms. The quantitative estimate of drug-likeness (QED) is 0.735. The van der Waals surface area contributed by atoms with Crippen LogP contribution in [0.4, 0.5) is 0 Å². The Morgan fingerprint density at radius 1 is 1.25 bits per heavy atom. The van der Waals surface area contributed by atoms with Crippen LogP contribution in [0.15, 0.2) is 30.3 Å². The first-order valence-electron chi connectivity index (χ1n) is 6.75. The van der Waals surface area contributed by atoms with Crippen molar-refractivity contribution in [3.05, 3.63) is 35.9 Å². The van der Waals surface area contributed by atoms with Crippen LogP contribution in [0.3, 0.4) is 0 Å². The van der Waals surface area contributed by atoms with Gasteiger partial charge in [-0.15, -0.1) is 0 Å². The minimum atomic E-state index is -1.21. The molecule has 1 aliphatic rings. The molecule has 1 amide bonds. The topological polar surface area (TPSA) is 86.6 Å². The van der Waals surface area contributed by atoms with E-state index in [1.54, 1.807) is 24.3 Å². The lowest BCUT2D eigenvalue weighted by atomic mass is 9.66. The van der Waals surface area contributed by atoms with Crippen LogP contribution < -0.4 is 5.32 Å². The molecule has 1 aliphatic carbocycles. The first kappa shape index (κ1) is 14.5. The fourth-order valence-corrected chi connectivity index (χ4v) is 2.57. The Morgan fingerprint density at radius 3 is 2.40 bits per heavy atom. The highest BCUT2D eigenvalue weighted by Gasteiger charge is 2.39. The summed E-state index contributed by atoms with van der Waals surface area (Å²) in [4.78, 5) is 22.8. The fraction of sp³-hybridized carbons (Fsp3) is 0.467. The third kappa shape index (κ3) is 3.36. The van der Waals surface area contributed by atoms with Gasteiger partial charge < -0.3 is 15.5 Å². The van der Waals surface area contributed by atoms with Gasteiger partial charge in [0.05, 0.1) is 6.42 Å². The van der Waals surface area contributed by atoms with Crippen molar-refractivity contribution in [2.75, 3.05) is 6.54 Å². The summed E-state index contributed by atoms with van der Waals surface area (Å²) in [5.41, 5.74) is 0.198. The number of hydrogen-bond donors (Lipinski definition) is 3. The van der Waals surface area contributed by atoms with Crippen LogP contribution in [0, 0.1) is 5.41 Å². The fourth-order valence-electron chi connectivity index (χ4n) is 2.57. The van der Waals surface area contributed by atoms with Gasteiger partial charge in [-0.2, -0.15) is 0 Å². The predicted molar refractivity (Wildman–Crippen MR) is 72.9 cm³/mol. The first-order chi connectivity index (χ1) is 9.52. The molecule has 5 heteroatoms. The highest BCUT2D eigenvalue weighted by molar-refractivity contribution is 5.82. The number of carbonyl (C=O) groups excluding carboxylic acids is 1. The minimum absolute atomic E-state index is 0.0642. The van der Waals surface area contributed by atoms with Crippen molar-refractivity contribution in [2.45, 2.75) is 31.8 Å². The Balaban J connectivity index is 1.90. The lowest BCUT2D eigenvalue weighted by Crippen LogP contribution is -2.44. The maximum Gasteiger partial charge on any atom is 0.303 e. The van der Waals surface area contributed by atoms with Crippen LogP contribution in [-0.2, 0) is 9.59 Å². The Hall–Kier alpha value is -1.88. The van der Waals surface area contributed by atoms with Gasteiger partial charge in [-0.1, -0.05) is 36.8 Å². The summed E-state index contributed by atoms with van der Waals surface area (Å²) >= 11 is 0. The zero-order valence-electron chi connectivity index (χ0n) is 11.2. The monoisotopic (exact) mass is 277 g/mol. The van der Waals surface area contributed by atoms with Gasteiger partial charge in [-0.25, -0.2) is 0 Å². The molecule has 0 radical (unpaired) electrons. The molecular weight excluding hydrogens is 258 g/mol. The third-order valence-corrected chi connectivity index (χ3v) is 3.94. The van der Waals surface area contributed by atoms with E-state index in [1.165, 1.54) is 0 Å². The minimum Gasteiger partial charge on any atom is -0.481 e. The smallest absolute Gasteiger partial charge is 0.303 e. The van der Waals surface area contributed by atoms with Crippen LogP contribution in [0.5, 0.6) is 0 Å². The average molecular weight is 277 g/mol. The van der Waals surface area contributed by atoms with Crippen molar-refractivity contribution in [1.82, 2.24) is 5.32 Å². The van der Waals surface area contributed by atoms with E-state index >= 15 is 0 Å². The van der Waals surface area contributed by atoms with Crippen molar-refractivity contribution in [3.63, 3.8) is 0 Å². The average Bonchev–Trinajstić information content (AvgIpc) is 2.41. The molecule has 5 nitrogen and oxygen atoms in total. The van der Waals surface area contributed by atoms with Gasteiger partial charge in [0.25, 0.3) is 5.91 Å². The number of carboxylic acids is 1. The van der Waals surface area contributed by atoms with E-state index in [9.17, 15) is 14.7 Å². The van der Waals surface area contributed by atoms with Gasteiger partial charge in [0.1, 0.15) is 0 Å². The van der Waals surface area contributed by atoms with Gasteiger partial charge in [0.2, 0.25) is 0 Å². The molecule has 1 aromatic rings. The van der Waals surface area contributed by atoms with Gasteiger partial charge in [-0.05, 0) is 23.8 Å². The second kappa shape index (κ2) is 6.05. The second-order valence-corrected chi connectivity index (χ2v) is 5.46. The number of aliphatic hydroxyl groups excluding tert-OH is 1. The Morgan fingerprint density at radius 2 is 1.90 bits per heavy atom. The van der Waals surface area contributed by atoms with Crippen LogP contribution in [-0.4, -0.2) is 28.6 Å². The third-order valence-electron chi connectivity index (χ3n) is 3.94. The number of rotatable bonds is 6. The molecule has 1 saturated carbocycles. The van der Waals surface area contributed by atoms with E-state index in [1.807, 2.05) is 6.07 Å². The number of hydrogen-bond acceptors (Lipinski definition) is 3. The molecule has 0 bridgehead atoms. The number of nitrogens with one attached hydrogen (secondary N) is 1. The molecule has 1 unspecified atom stereocenters. The molecule has 0 heterocycles. The highest BCUT2D eigenvalue weighted by atomic mass is 16.4. The summed E-state index contributed by atoms with van der Waals surface area (Å²) in [6.45, 7) is 0.308. The van der Waals surface area contributed by atoms with Gasteiger partial charge in [0.15, 0.2) is 6.10 Å². The largest absolute Gasteiger partial charge is 0.481 e. The molecule has 0 aromatic heterocycles. The Kier molecular flexibility index (Phi) is 4.39. The molecule has 108 valence electrons. The van der Waals surface area contributed by atoms with Crippen molar-refractivity contribution in [2.24, 2.45) is 5.41 Å². The second-order valence-electron chi connectivity index (χ2n) is 5.46. The summed E-state index contributed by atoms with van der Waals surface area (Å²) < 4.78 is 0. The van der Waals surface area contributed by atoms with Crippen LogP contribution >= 0.6 is 0 Å². The molecule has 2 rings (SSSR count). The maximum absolute atomic E-state index is 11.9. The van der Waals surface area contributed by atoms with Crippen molar-refractivity contribution < 1.29 is 19.8 Å². The zero-order valence-corrected chi connectivity index (χ0v) is 11.2. The molecular formula is C15H19NO4. The Bertz CT molecular complexity index is 482. The lowest BCUT2D eigenvalue weighted by Gasteiger charge is -2.41. The van der Waals surface area contributed by atoms with E-state index in [-0.39, 0.29) is 11.8 Å². The SMILES string of the molecule is O=C(O)CC1(CNC(=O)C(O)c2ccccc2)CCC1. The van der Waals surface area contributed by atoms with Gasteiger partial charge in [0, 0.05) is 6.54 Å². The normalized spacial score (nSPS) is 17.9. The first-order valence-corrected chi connectivity index (χ1v) is 6.75. The summed E-state index contributed by atoms with van der Waals surface area (Å²) in [5, 5.41) is 21.5. The number of aliphatic carboxylic acids is 1. The molecule has 1 fully saturated rings. The van der Waals surface area contributed by atoms with Crippen LogP contribution in [0.25, 0.3) is 0 Å². The number of aliphatic hydroxyl groups is 1. The molecule has 20 heavy (non-hydrogen) atoms. The number of carbonyl (C=O) groups is 2. The lowest BCUT2D eigenvalue weighted by molar-refractivity contribution is -0.142. The number of carboxylic acid groups (broad SMARTS) is 1. The summed E-state index contributed by atoms with van der Waals surface area (Å²) in [6, 6.07) is 8.68. The van der Waals surface area contributed by atoms with Gasteiger partial charge in [-0.3, -0.25) is 9.59 Å². The molecule has 1 atom stereocenters. The molecule has 0 aliphatic heterocycles. The maximum atomic E-state index is 11.9. The predicted octanol–water partition coefficient (Wildman–Crippen LogP) is 1.48. The highest BCUT2D eigenvalue weighted by Crippen LogP contribution is 2.43. The van der Waals surface area contributed by atoms with Crippen molar-refractivity contribution in [3.8, 4) is 0 Å². The standard InChI is InChI=1S/C15H19NO4/c17-12(18)9-15(7-4-8-15)10-16-14(20)13(19)11-5-2-1-3-6-11/h1-3,5-6,13,19H,4,7-10H2,(H,16,20)(H,17,18). The van der Waals surface area contributed by atoms with E-state index in [4.69, 9.17) is 5.11 Å². The van der Waals surface area contributed by atoms with Crippen LogP contribution in [0.2, 0.25) is 0 Å². The Labute approximate surface area is 117 Å². The van der Waals surface area contributed by atoms with E-state index in [2.05, 4.69) is 5.32 Å². The zero-order chi connectivity index (χ0) is 14.6. The van der Waals surface area contributed by atoms with E-state index in [0.29, 0.717) is 12.1 Å². The van der Waals surface area contributed by atoms with Gasteiger partial charge >= 0.3 is 5.97 Å². The number of amides is 1. The van der Waals surface area contributed by atoms with E-state index in [0.717, 1.165) is 19.3 Å². The number of benzene rings is 1. The van der Waals surface area contributed by atoms with Crippen LogP contribution in [0.1, 0.15) is 37.4 Å².